The molecule has 1 aromatic rings. The predicted octanol–water partition coefficient (Wildman–Crippen LogP) is 3.45. The summed E-state index contributed by atoms with van der Waals surface area (Å²) in [4.78, 5) is 0. The summed E-state index contributed by atoms with van der Waals surface area (Å²) in [5.41, 5.74) is 5.98. The Morgan fingerprint density at radius 3 is 2.75 bits per heavy atom. The normalized spacial score (nSPS) is 26.4. The van der Waals surface area contributed by atoms with Crippen LogP contribution in [0.25, 0.3) is 0 Å². The summed E-state index contributed by atoms with van der Waals surface area (Å²) in [6.07, 6.45) is 3.46. The number of benzene rings is 1. The molecule has 1 aliphatic rings. The number of nitrogens with one attached hydrogen (secondary N) is 1. The Morgan fingerprint density at radius 1 is 1.35 bits per heavy atom. The van der Waals surface area contributed by atoms with E-state index in [4.69, 9.17) is 15.9 Å². The van der Waals surface area contributed by atoms with E-state index in [2.05, 4.69) is 13.8 Å². The third kappa shape index (κ3) is 3.37. The number of amidine groups is 1. The molecule has 3 N–H and O–H groups in total. The Kier molecular flexibility index (Phi) is 4.76. The van der Waals surface area contributed by atoms with Crippen LogP contribution in [-0.2, 0) is 11.3 Å². The third-order valence-electron chi connectivity index (χ3n) is 4.39. The molecular weight excluding hydrogens is 255 g/mol. The molecule has 110 valence electrons. The Labute approximate surface area is 119 Å². The monoisotopic (exact) mass is 278 g/mol. The van der Waals surface area contributed by atoms with E-state index in [9.17, 15) is 4.39 Å². The molecule has 1 fully saturated rings. The van der Waals surface area contributed by atoms with Crippen LogP contribution in [0.15, 0.2) is 18.2 Å². The van der Waals surface area contributed by atoms with Gasteiger partial charge in [-0.2, -0.15) is 0 Å². The summed E-state index contributed by atoms with van der Waals surface area (Å²) in [6.45, 7) is 4.77. The number of nitrogen functional groups attached to an aromatic ring is 1. The van der Waals surface area contributed by atoms with Crippen molar-refractivity contribution < 1.29 is 9.13 Å². The Hall–Kier alpha value is -1.42. The van der Waals surface area contributed by atoms with Gasteiger partial charge in [0.25, 0.3) is 0 Å². The maximum Gasteiger partial charge on any atom is 0.139 e. The zero-order valence-electron chi connectivity index (χ0n) is 12.2. The van der Waals surface area contributed by atoms with Crippen molar-refractivity contribution in [1.29, 1.82) is 5.41 Å². The highest BCUT2D eigenvalue weighted by Gasteiger charge is 2.25. The summed E-state index contributed by atoms with van der Waals surface area (Å²) in [7, 11) is 0. The zero-order valence-corrected chi connectivity index (χ0v) is 12.2. The van der Waals surface area contributed by atoms with Gasteiger partial charge in [0.1, 0.15) is 11.7 Å². The van der Waals surface area contributed by atoms with Crippen molar-refractivity contribution in [2.75, 3.05) is 0 Å². The van der Waals surface area contributed by atoms with Gasteiger partial charge in [-0.05, 0) is 37.2 Å². The molecule has 0 amide bonds. The summed E-state index contributed by atoms with van der Waals surface area (Å²) < 4.78 is 20.0. The van der Waals surface area contributed by atoms with Crippen LogP contribution in [0.4, 0.5) is 4.39 Å². The van der Waals surface area contributed by atoms with Gasteiger partial charge in [0.15, 0.2) is 0 Å². The largest absolute Gasteiger partial charge is 0.384 e. The Morgan fingerprint density at radius 2 is 2.10 bits per heavy atom. The molecule has 0 bridgehead atoms. The van der Waals surface area contributed by atoms with E-state index in [0.717, 1.165) is 18.8 Å². The van der Waals surface area contributed by atoms with E-state index >= 15 is 0 Å². The van der Waals surface area contributed by atoms with Gasteiger partial charge in [0, 0.05) is 5.56 Å². The number of hydrogen-bond donors (Lipinski definition) is 2. The highest BCUT2D eigenvalue weighted by molar-refractivity contribution is 5.95. The summed E-state index contributed by atoms with van der Waals surface area (Å²) in [6, 6.07) is 4.92. The quantitative estimate of drug-likeness (QED) is 0.654. The maximum atomic E-state index is 14.1. The first-order valence-corrected chi connectivity index (χ1v) is 7.22. The second-order valence-electron chi connectivity index (χ2n) is 5.89. The minimum atomic E-state index is -0.433. The topological polar surface area (TPSA) is 59.1 Å². The maximum absolute atomic E-state index is 14.1. The van der Waals surface area contributed by atoms with Crippen LogP contribution in [0.1, 0.15) is 44.2 Å². The van der Waals surface area contributed by atoms with E-state index in [1.165, 1.54) is 12.5 Å². The highest BCUT2D eigenvalue weighted by Crippen LogP contribution is 2.31. The molecule has 0 aliphatic heterocycles. The lowest BCUT2D eigenvalue weighted by atomic mass is 9.80. The van der Waals surface area contributed by atoms with Crippen LogP contribution >= 0.6 is 0 Å². The van der Waals surface area contributed by atoms with Gasteiger partial charge in [0.2, 0.25) is 0 Å². The van der Waals surface area contributed by atoms with Crippen LogP contribution in [-0.4, -0.2) is 11.9 Å². The van der Waals surface area contributed by atoms with Crippen LogP contribution < -0.4 is 5.73 Å². The molecule has 0 heterocycles. The molecule has 3 nitrogen and oxygen atoms in total. The molecule has 0 spiro atoms. The number of ether oxygens (including phenoxy) is 1. The van der Waals surface area contributed by atoms with Gasteiger partial charge in [-0.25, -0.2) is 4.39 Å². The van der Waals surface area contributed by atoms with E-state index in [1.54, 1.807) is 12.1 Å². The predicted molar refractivity (Wildman–Crippen MR) is 78.2 cm³/mol. The fourth-order valence-corrected chi connectivity index (χ4v) is 2.76. The van der Waals surface area contributed by atoms with E-state index in [1.807, 2.05) is 0 Å². The van der Waals surface area contributed by atoms with Crippen molar-refractivity contribution in [2.45, 2.75) is 45.8 Å². The smallest absolute Gasteiger partial charge is 0.139 e. The summed E-state index contributed by atoms with van der Waals surface area (Å²) >= 11 is 0. The molecule has 3 unspecified atom stereocenters. The van der Waals surface area contributed by atoms with E-state index < -0.39 is 5.82 Å². The van der Waals surface area contributed by atoms with Gasteiger partial charge >= 0.3 is 0 Å². The van der Waals surface area contributed by atoms with Crippen LogP contribution in [0.3, 0.4) is 0 Å². The molecule has 1 aliphatic carbocycles. The lowest BCUT2D eigenvalue weighted by Crippen LogP contribution is -2.26. The first kappa shape index (κ1) is 15.0. The molecule has 2 rings (SSSR count). The Balaban J connectivity index is 1.98. The minimum absolute atomic E-state index is 0.150. The van der Waals surface area contributed by atoms with Crippen molar-refractivity contribution in [3.63, 3.8) is 0 Å². The fraction of sp³-hybridized carbons (Fsp3) is 0.562. The zero-order chi connectivity index (χ0) is 14.7. The van der Waals surface area contributed by atoms with Gasteiger partial charge in [-0.15, -0.1) is 0 Å². The fourth-order valence-electron chi connectivity index (χ4n) is 2.76. The third-order valence-corrected chi connectivity index (χ3v) is 4.39. The van der Waals surface area contributed by atoms with Crippen molar-refractivity contribution in [3.05, 3.63) is 35.1 Å². The first-order valence-electron chi connectivity index (χ1n) is 7.22. The molecule has 1 aromatic carbocycles. The van der Waals surface area contributed by atoms with E-state index in [-0.39, 0.29) is 24.1 Å². The second kappa shape index (κ2) is 6.35. The number of hydrogen-bond acceptors (Lipinski definition) is 2. The standard InChI is InChI=1S/C16H23FN2O/c1-10-6-7-13(8-11(10)2)20-9-12-4-3-5-14(15(12)17)16(18)19/h3-5,10-11,13H,6-9H2,1-2H3,(H3,18,19). The van der Waals surface area contributed by atoms with Crippen molar-refractivity contribution in [1.82, 2.24) is 0 Å². The van der Waals surface area contributed by atoms with Crippen LogP contribution in [0.2, 0.25) is 0 Å². The molecule has 1 saturated carbocycles. The molecule has 4 heteroatoms. The highest BCUT2D eigenvalue weighted by atomic mass is 19.1. The molecular formula is C16H23FN2O. The lowest BCUT2D eigenvalue weighted by molar-refractivity contribution is -0.00846. The molecule has 20 heavy (non-hydrogen) atoms. The Bertz CT molecular complexity index is 489. The summed E-state index contributed by atoms with van der Waals surface area (Å²) in [5.74, 6) is 0.719. The average Bonchev–Trinajstić information content (AvgIpc) is 2.41. The van der Waals surface area contributed by atoms with Crippen molar-refractivity contribution in [3.8, 4) is 0 Å². The van der Waals surface area contributed by atoms with Crippen LogP contribution in [0.5, 0.6) is 0 Å². The summed E-state index contributed by atoms with van der Waals surface area (Å²) in [5, 5.41) is 7.35. The molecule has 0 aromatic heterocycles. The van der Waals surface area contributed by atoms with Crippen LogP contribution in [0, 0.1) is 23.1 Å². The molecule has 3 atom stereocenters. The molecule has 0 radical (unpaired) electrons. The minimum Gasteiger partial charge on any atom is -0.384 e. The number of nitrogens with two attached hydrogens (primary N) is 1. The van der Waals surface area contributed by atoms with E-state index in [0.29, 0.717) is 11.5 Å². The first-order chi connectivity index (χ1) is 9.49. The second-order valence-corrected chi connectivity index (χ2v) is 5.89. The van der Waals surface area contributed by atoms with Gasteiger partial charge < -0.3 is 10.5 Å². The lowest BCUT2D eigenvalue weighted by Gasteiger charge is -2.32. The number of halogens is 1. The van der Waals surface area contributed by atoms with Gasteiger partial charge in [-0.3, -0.25) is 5.41 Å². The SMILES string of the molecule is CC1CCC(OCc2cccc(C(=N)N)c2F)CC1C. The van der Waals surface area contributed by atoms with Gasteiger partial charge in [-0.1, -0.05) is 26.0 Å². The number of rotatable bonds is 4. The van der Waals surface area contributed by atoms with Crippen molar-refractivity contribution in [2.24, 2.45) is 17.6 Å². The van der Waals surface area contributed by atoms with Gasteiger partial charge in [0.05, 0.1) is 18.3 Å². The molecule has 0 saturated heterocycles. The average molecular weight is 278 g/mol. The van der Waals surface area contributed by atoms with Crippen molar-refractivity contribution >= 4 is 5.84 Å².